The smallest absolute Gasteiger partial charge is 0.174 e. The van der Waals surface area contributed by atoms with Crippen LogP contribution in [0.3, 0.4) is 0 Å². The van der Waals surface area contributed by atoms with Crippen molar-refractivity contribution in [2.45, 2.75) is 13.3 Å². The van der Waals surface area contributed by atoms with E-state index in [0.717, 1.165) is 11.6 Å². The van der Waals surface area contributed by atoms with Gasteiger partial charge >= 0.3 is 0 Å². The normalized spacial score (nSPS) is 10.2. The molecule has 0 spiro atoms. The molecule has 2 aromatic carbocycles. The maximum Gasteiger partial charge on any atom is 0.174 e. The second kappa shape index (κ2) is 5.57. The lowest BCUT2D eigenvalue weighted by atomic mass is 10.0. The standard InChI is InChI=1S/C16H14O4/c1-10-2-4-11(5-3-10)14(18)9-16(20)13-7-6-12(17)8-15(13)19/h2-8,17,19H,9H2,1H3. The largest absolute Gasteiger partial charge is 0.508 e. The highest BCUT2D eigenvalue weighted by molar-refractivity contribution is 6.14. The fraction of sp³-hybridized carbons (Fsp3) is 0.125. The first-order chi connectivity index (χ1) is 9.47. The van der Waals surface area contributed by atoms with Gasteiger partial charge in [-0.05, 0) is 19.1 Å². The zero-order valence-corrected chi connectivity index (χ0v) is 11.0. The van der Waals surface area contributed by atoms with E-state index in [1.54, 1.807) is 24.3 Å². The van der Waals surface area contributed by atoms with Crippen molar-refractivity contribution in [2.75, 3.05) is 0 Å². The summed E-state index contributed by atoms with van der Waals surface area (Å²) in [7, 11) is 0. The Hall–Kier alpha value is -2.62. The third-order valence-electron chi connectivity index (χ3n) is 2.98. The number of ketones is 2. The molecule has 2 rings (SSSR count). The molecule has 0 aliphatic heterocycles. The first kappa shape index (κ1) is 13.8. The Morgan fingerprint density at radius 2 is 1.60 bits per heavy atom. The van der Waals surface area contributed by atoms with Crippen LogP contribution in [-0.2, 0) is 0 Å². The number of carbonyl (C=O) groups excluding carboxylic acids is 2. The summed E-state index contributed by atoms with van der Waals surface area (Å²) in [5.41, 5.74) is 1.52. The van der Waals surface area contributed by atoms with Crippen LogP contribution in [-0.4, -0.2) is 21.8 Å². The molecule has 0 aliphatic rings. The number of phenols is 2. The molecule has 0 heterocycles. The van der Waals surface area contributed by atoms with E-state index in [1.165, 1.54) is 12.1 Å². The third-order valence-corrected chi connectivity index (χ3v) is 2.98. The number of phenolic OH excluding ortho intramolecular Hbond substituents is 2. The minimum Gasteiger partial charge on any atom is -0.508 e. The minimum absolute atomic E-state index is 0.0308. The number of benzene rings is 2. The van der Waals surface area contributed by atoms with Crippen LogP contribution >= 0.6 is 0 Å². The number of Topliss-reactive ketones (excluding diaryl/α,β-unsaturated/α-hetero) is 2. The first-order valence-electron chi connectivity index (χ1n) is 6.12. The molecule has 0 radical (unpaired) electrons. The molecule has 0 saturated carbocycles. The molecule has 20 heavy (non-hydrogen) atoms. The van der Waals surface area contributed by atoms with Gasteiger partial charge < -0.3 is 10.2 Å². The summed E-state index contributed by atoms with van der Waals surface area (Å²) < 4.78 is 0. The summed E-state index contributed by atoms with van der Waals surface area (Å²) >= 11 is 0. The van der Waals surface area contributed by atoms with Gasteiger partial charge in [0.2, 0.25) is 0 Å². The fourth-order valence-electron chi connectivity index (χ4n) is 1.84. The number of aryl methyl sites for hydroxylation is 1. The highest BCUT2D eigenvalue weighted by Crippen LogP contribution is 2.24. The lowest BCUT2D eigenvalue weighted by Crippen LogP contribution is -2.08. The van der Waals surface area contributed by atoms with Gasteiger partial charge in [-0.1, -0.05) is 29.8 Å². The monoisotopic (exact) mass is 270 g/mol. The van der Waals surface area contributed by atoms with Crippen molar-refractivity contribution in [3.8, 4) is 11.5 Å². The number of rotatable bonds is 4. The van der Waals surface area contributed by atoms with Gasteiger partial charge in [0, 0.05) is 11.6 Å². The molecular weight excluding hydrogens is 256 g/mol. The number of hydrogen-bond acceptors (Lipinski definition) is 4. The Labute approximate surface area is 116 Å². The summed E-state index contributed by atoms with van der Waals surface area (Å²) in [6.45, 7) is 1.91. The van der Waals surface area contributed by atoms with E-state index in [4.69, 9.17) is 5.11 Å². The maximum absolute atomic E-state index is 12.0. The third kappa shape index (κ3) is 3.03. The van der Waals surface area contributed by atoms with Gasteiger partial charge in [-0.3, -0.25) is 9.59 Å². The summed E-state index contributed by atoms with van der Waals surface area (Å²) in [4.78, 5) is 23.9. The molecule has 0 fully saturated rings. The van der Waals surface area contributed by atoms with Gasteiger partial charge in [-0.25, -0.2) is 0 Å². The SMILES string of the molecule is Cc1ccc(C(=O)CC(=O)c2ccc(O)cc2O)cc1. The van der Waals surface area contributed by atoms with Gasteiger partial charge in [0.1, 0.15) is 11.5 Å². The molecule has 0 saturated heterocycles. The Morgan fingerprint density at radius 3 is 2.20 bits per heavy atom. The van der Waals surface area contributed by atoms with Crippen molar-refractivity contribution in [1.29, 1.82) is 0 Å². The summed E-state index contributed by atoms with van der Waals surface area (Å²) in [6.07, 6.45) is -0.318. The fourth-order valence-corrected chi connectivity index (χ4v) is 1.84. The predicted molar refractivity (Wildman–Crippen MR) is 74.2 cm³/mol. The number of aromatic hydroxyl groups is 2. The van der Waals surface area contributed by atoms with Crippen molar-refractivity contribution in [3.63, 3.8) is 0 Å². The van der Waals surface area contributed by atoms with Crippen LogP contribution in [0.15, 0.2) is 42.5 Å². The van der Waals surface area contributed by atoms with Gasteiger partial charge in [-0.15, -0.1) is 0 Å². The minimum atomic E-state index is -0.479. The summed E-state index contributed by atoms with van der Waals surface area (Å²) in [5.74, 6) is -1.24. The molecule has 4 heteroatoms. The molecule has 0 aliphatic carbocycles. The van der Waals surface area contributed by atoms with Crippen LogP contribution in [0, 0.1) is 6.92 Å². The zero-order chi connectivity index (χ0) is 14.7. The van der Waals surface area contributed by atoms with Gasteiger partial charge in [0.05, 0.1) is 12.0 Å². The lowest BCUT2D eigenvalue weighted by molar-refractivity contribution is 0.0893. The topological polar surface area (TPSA) is 74.6 Å². The number of carbonyl (C=O) groups is 2. The van der Waals surface area contributed by atoms with Crippen LogP contribution in [0.4, 0.5) is 0 Å². The van der Waals surface area contributed by atoms with E-state index in [-0.39, 0.29) is 29.3 Å². The van der Waals surface area contributed by atoms with Crippen molar-refractivity contribution in [1.82, 2.24) is 0 Å². The lowest BCUT2D eigenvalue weighted by Gasteiger charge is -2.04. The average molecular weight is 270 g/mol. The molecule has 2 aromatic rings. The molecule has 0 bridgehead atoms. The van der Waals surface area contributed by atoms with Crippen LogP contribution in [0.5, 0.6) is 11.5 Å². The van der Waals surface area contributed by atoms with Crippen molar-refractivity contribution < 1.29 is 19.8 Å². The maximum atomic E-state index is 12.0. The van der Waals surface area contributed by atoms with Gasteiger partial charge in [-0.2, -0.15) is 0 Å². The van der Waals surface area contributed by atoms with Crippen LogP contribution < -0.4 is 0 Å². The second-order valence-electron chi connectivity index (χ2n) is 4.59. The van der Waals surface area contributed by atoms with Crippen molar-refractivity contribution >= 4 is 11.6 Å². The van der Waals surface area contributed by atoms with Gasteiger partial charge in [0.25, 0.3) is 0 Å². The Kier molecular flexibility index (Phi) is 3.84. The molecule has 4 nitrogen and oxygen atoms in total. The highest BCUT2D eigenvalue weighted by Gasteiger charge is 2.16. The van der Waals surface area contributed by atoms with Crippen molar-refractivity contribution in [3.05, 3.63) is 59.2 Å². The molecule has 102 valence electrons. The van der Waals surface area contributed by atoms with E-state index >= 15 is 0 Å². The molecule has 0 unspecified atom stereocenters. The second-order valence-corrected chi connectivity index (χ2v) is 4.59. The summed E-state index contributed by atoms with van der Waals surface area (Å²) in [5, 5.41) is 18.8. The molecule has 2 N–H and O–H groups in total. The Morgan fingerprint density at radius 1 is 0.950 bits per heavy atom. The van der Waals surface area contributed by atoms with Gasteiger partial charge in [0.15, 0.2) is 11.6 Å². The predicted octanol–water partition coefficient (Wildman–Crippen LogP) is 2.86. The number of hydrogen-bond donors (Lipinski definition) is 2. The Balaban J connectivity index is 2.15. The van der Waals surface area contributed by atoms with Crippen LogP contribution in [0.1, 0.15) is 32.7 Å². The molecule has 0 atom stereocenters. The van der Waals surface area contributed by atoms with E-state index in [1.807, 2.05) is 6.92 Å². The molecule has 0 amide bonds. The van der Waals surface area contributed by atoms with Crippen LogP contribution in [0.25, 0.3) is 0 Å². The quantitative estimate of drug-likeness (QED) is 0.661. The van der Waals surface area contributed by atoms with E-state index in [0.29, 0.717) is 5.56 Å². The highest BCUT2D eigenvalue weighted by atomic mass is 16.3. The first-order valence-corrected chi connectivity index (χ1v) is 6.12. The summed E-state index contributed by atoms with van der Waals surface area (Å²) in [6, 6.07) is 10.6. The van der Waals surface area contributed by atoms with E-state index in [9.17, 15) is 14.7 Å². The molecule has 0 aromatic heterocycles. The molecular formula is C16H14O4. The average Bonchev–Trinajstić information content (AvgIpc) is 2.39. The van der Waals surface area contributed by atoms with Crippen molar-refractivity contribution in [2.24, 2.45) is 0 Å². The van der Waals surface area contributed by atoms with Crippen LogP contribution in [0.2, 0.25) is 0 Å². The Bertz CT molecular complexity index is 657. The van der Waals surface area contributed by atoms with E-state index < -0.39 is 5.78 Å². The zero-order valence-electron chi connectivity index (χ0n) is 11.0. The van der Waals surface area contributed by atoms with E-state index in [2.05, 4.69) is 0 Å².